The molecule has 1 aliphatic carbocycles. The molecule has 0 aromatic carbocycles. The largest absolute Gasteiger partial charge is 0.462 e. The summed E-state index contributed by atoms with van der Waals surface area (Å²) in [5, 5.41) is 6.38. The Bertz CT molecular complexity index is 297. The summed E-state index contributed by atoms with van der Waals surface area (Å²) in [5.74, 6) is 0.708. The molecule has 1 saturated carbocycles. The molecule has 0 aromatic rings. The first-order chi connectivity index (χ1) is 9.11. The third kappa shape index (κ3) is 7.03. The van der Waals surface area contributed by atoms with E-state index in [9.17, 15) is 4.79 Å². The van der Waals surface area contributed by atoms with E-state index in [0.29, 0.717) is 12.5 Å². The molecule has 0 atom stereocenters. The number of ether oxygens (including phenoxy) is 1. The highest BCUT2D eigenvalue weighted by atomic mass is 16.5. The molecule has 1 fully saturated rings. The minimum atomic E-state index is -0.0690. The van der Waals surface area contributed by atoms with E-state index in [2.05, 4.69) is 29.5 Å². The van der Waals surface area contributed by atoms with Crippen LogP contribution in [0.2, 0.25) is 0 Å². The Morgan fingerprint density at radius 1 is 1.37 bits per heavy atom. The van der Waals surface area contributed by atoms with E-state index in [1.165, 1.54) is 12.8 Å². The average Bonchev–Trinajstić information content (AvgIpc) is 2.85. The predicted octanol–water partition coefficient (Wildman–Crippen LogP) is 1.83. The summed E-state index contributed by atoms with van der Waals surface area (Å²) in [4.78, 5) is 15.7. The lowest BCUT2D eigenvalue weighted by atomic mass is 10.3. The van der Waals surface area contributed by atoms with Crippen LogP contribution in [0.3, 0.4) is 0 Å². The first-order valence-corrected chi connectivity index (χ1v) is 7.28. The standard InChI is InChI=1S/C14H27N3O2/c1-11(2)17-14(15-3)16-10-6-9-13(18)19-12-7-4-5-8-12/h11-12H,4-10H2,1-3H3,(H2,15,16,17). The molecule has 0 bridgehead atoms. The lowest BCUT2D eigenvalue weighted by Crippen LogP contribution is -2.41. The molecule has 5 heteroatoms. The monoisotopic (exact) mass is 269 g/mol. The number of esters is 1. The molecular weight excluding hydrogens is 242 g/mol. The van der Waals surface area contributed by atoms with Gasteiger partial charge in [-0.1, -0.05) is 0 Å². The van der Waals surface area contributed by atoms with Gasteiger partial charge in [-0.05, 0) is 46.0 Å². The van der Waals surface area contributed by atoms with Crippen molar-refractivity contribution < 1.29 is 9.53 Å². The summed E-state index contributed by atoms with van der Waals surface area (Å²) in [6.45, 7) is 4.85. The van der Waals surface area contributed by atoms with Crippen LogP contribution in [0, 0.1) is 0 Å². The van der Waals surface area contributed by atoms with Crippen LogP contribution < -0.4 is 10.6 Å². The van der Waals surface area contributed by atoms with Crippen LogP contribution in [0.25, 0.3) is 0 Å². The van der Waals surface area contributed by atoms with Crippen molar-refractivity contribution in [3.8, 4) is 0 Å². The fourth-order valence-electron chi connectivity index (χ4n) is 2.16. The van der Waals surface area contributed by atoms with Crippen LogP contribution >= 0.6 is 0 Å². The summed E-state index contributed by atoms with van der Waals surface area (Å²) >= 11 is 0. The van der Waals surface area contributed by atoms with Gasteiger partial charge in [0, 0.05) is 26.1 Å². The number of guanidine groups is 1. The Morgan fingerprint density at radius 3 is 2.63 bits per heavy atom. The zero-order chi connectivity index (χ0) is 14.1. The molecule has 0 aliphatic heterocycles. The van der Waals surface area contributed by atoms with Gasteiger partial charge in [-0.25, -0.2) is 0 Å². The number of nitrogens with zero attached hydrogens (tertiary/aromatic N) is 1. The maximum Gasteiger partial charge on any atom is 0.306 e. The van der Waals surface area contributed by atoms with E-state index >= 15 is 0 Å². The van der Waals surface area contributed by atoms with E-state index in [1.54, 1.807) is 7.05 Å². The first kappa shape index (κ1) is 15.8. The van der Waals surface area contributed by atoms with Gasteiger partial charge >= 0.3 is 5.97 Å². The van der Waals surface area contributed by atoms with Crippen molar-refractivity contribution in [1.29, 1.82) is 0 Å². The van der Waals surface area contributed by atoms with Crippen LogP contribution in [0.4, 0.5) is 0 Å². The zero-order valence-electron chi connectivity index (χ0n) is 12.4. The van der Waals surface area contributed by atoms with Gasteiger partial charge in [0.1, 0.15) is 6.10 Å². The van der Waals surface area contributed by atoms with E-state index in [0.717, 1.165) is 31.8 Å². The molecule has 0 aromatic heterocycles. The normalized spacial score (nSPS) is 16.7. The second kappa shape index (κ2) is 8.77. The van der Waals surface area contributed by atoms with Crippen molar-refractivity contribution in [2.45, 2.75) is 64.5 Å². The maximum atomic E-state index is 11.6. The van der Waals surface area contributed by atoms with Gasteiger partial charge in [0.05, 0.1) is 0 Å². The lowest BCUT2D eigenvalue weighted by molar-refractivity contribution is -0.148. The van der Waals surface area contributed by atoms with Crippen molar-refractivity contribution in [2.24, 2.45) is 4.99 Å². The molecule has 0 unspecified atom stereocenters. The highest BCUT2D eigenvalue weighted by Crippen LogP contribution is 2.21. The Hall–Kier alpha value is -1.26. The van der Waals surface area contributed by atoms with E-state index in [4.69, 9.17) is 4.74 Å². The van der Waals surface area contributed by atoms with Crippen molar-refractivity contribution >= 4 is 11.9 Å². The molecule has 0 heterocycles. The average molecular weight is 269 g/mol. The van der Waals surface area contributed by atoms with Crippen molar-refractivity contribution in [3.05, 3.63) is 0 Å². The van der Waals surface area contributed by atoms with Crippen LogP contribution in [-0.2, 0) is 9.53 Å². The molecular formula is C14H27N3O2. The number of rotatable bonds is 6. The van der Waals surface area contributed by atoms with Crippen molar-refractivity contribution in [3.63, 3.8) is 0 Å². The minimum absolute atomic E-state index is 0.0690. The summed E-state index contributed by atoms with van der Waals surface area (Å²) < 4.78 is 5.40. The smallest absolute Gasteiger partial charge is 0.306 e. The fourth-order valence-corrected chi connectivity index (χ4v) is 2.16. The molecule has 0 amide bonds. The molecule has 0 saturated heterocycles. The van der Waals surface area contributed by atoms with Gasteiger partial charge in [0.25, 0.3) is 0 Å². The SMILES string of the molecule is CN=C(NCCCC(=O)OC1CCCC1)NC(C)C. The van der Waals surface area contributed by atoms with Gasteiger partial charge in [-0.15, -0.1) is 0 Å². The van der Waals surface area contributed by atoms with Gasteiger partial charge in [0.2, 0.25) is 0 Å². The second-order valence-electron chi connectivity index (χ2n) is 5.30. The Kier molecular flexibility index (Phi) is 7.30. The zero-order valence-corrected chi connectivity index (χ0v) is 12.4. The highest BCUT2D eigenvalue weighted by Gasteiger charge is 2.18. The third-order valence-corrected chi connectivity index (χ3v) is 3.10. The highest BCUT2D eigenvalue weighted by molar-refractivity contribution is 5.79. The van der Waals surface area contributed by atoms with Gasteiger partial charge in [-0.2, -0.15) is 0 Å². The maximum absolute atomic E-state index is 11.6. The molecule has 0 radical (unpaired) electrons. The van der Waals surface area contributed by atoms with E-state index in [1.807, 2.05) is 0 Å². The molecule has 1 rings (SSSR count). The number of aliphatic imine (C=N–C) groups is 1. The summed E-state index contributed by atoms with van der Waals surface area (Å²) in [7, 11) is 1.74. The van der Waals surface area contributed by atoms with Gasteiger partial charge in [-0.3, -0.25) is 9.79 Å². The fraction of sp³-hybridized carbons (Fsp3) is 0.857. The number of carbonyl (C=O) groups excluding carboxylic acids is 1. The van der Waals surface area contributed by atoms with Gasteiger partial charge < -0.3 is 15.4 Å². The molecule has 5 nitrogen and oxygen atoms in total. The molecule has 0 spiro atoms. The summed E-state index contributed by atoms with van der Waals surface area (Å²) in [6, 6.07) is 0.346. The minimum Gasteiger partial charge on any atom is -0.462 e. The quantitative estimate of drug-likeness (QED) is 0.334. The lowest BCUT2D eigenvalue weighted by Gasteiger charge is -2.14. The Morgan fingerprint density at radius 2 is 2.05 bits per heavy atom. The number of hydrogen-bond donors (Lipinski definition) is 2. The van der Waals surface area contributed by atoms with E-state index < -0.39 is 0 Å². The van der Waals surface area contributed by atoms with Gasteiger partial charge in [0.15, 0.2) is 5.96 Å². The Labute approximate surface area is 116 Å². The summed E-state index contributed by atoms with van der Waals surface area (Å²) in [6.07, 6.45) is 5.87. The predicted molar refractivity (Wildman–Crippen MR) is 77.2 cm³/mol. The first-order valence-electron chi connectivity index (χ1n) is 7.28. The number of nitrogens with one attached hydrogen (secondary N) is 2. The van der Waals surface area contributed by atoms with E-state index in [-0.39, 0.29) is 12.1 Å². The van der Waals surface area contributed by atoms with Crippen molar-refractivity contribution in [1.82, 2.24) is 10.6 Å². The molecule has 110 valence electrons. The van der Waals surface area contributed by atoms with Crippen LogP contribution in [-0.4, -0.2) is 37.7 Å². The molecule has 2 N–H and O–H groups in total. The Balaban J connectivity index is 2.07. The van der Waals surface area contributed by atoms with Crippen molar-refractivity contribution in [2.75, 3.05) is 13.6 Å². The molecule has 1 aliphatic rings. The number of carbonyl (C=O) groups is 1. The topological polar surface area (TPSA) is 62.7 Å². The summed E-state index contributed by atoms with van der Waals surface area (Å²) in [5.41, 5.74) is 0. The third-order valence-electron chi connectivity index (χ3n) is 3.10. The van der Waals surface area contributed by atoms with Crippen LogP contribution in [0.15, 0.2) is 4.99 Å². The number of hydrogen-bond acceptors (Lipinski definition) is 3. The van der Waals surface area contributed by atoms with Crippen LogP contribution in [0.1, 0.15) is 52.4 Å². The van der Waals surface area contributed by atoms with Crippen LogP contribution in [0.5, 0.6) is 0 Å². The molecule has 19 heavy (non-hydrogen) atoms. The second-order valence-corrected chi connectivity index (χ2v) is 5.30.